The molecule has 1 aliphatic rings. The number of halogens is 1. The van der Waals surface area contributed by atoms with Gasteiger partial charge in [0.15, 0.2) is 5.76 Å². The van der Waals surface area contributed by atoms with E-state index in [0.29, 0.717) is 53.3 Å². The van der Waals surface area contributed by atoms with Crippen molar-refractivity contribution in [3.8, 4) is 17.5 Å². The van der Waals surface area contributed by atoms with Crippen molar-refractivity contribution in [2.75, 3.05) is 31.1 Å². The predicted octanol–water partition coefficient (Wildman–Crippen LogP) is 4.40. The summed E-state index contributed by atoms with van der Waals surface area (Å²) in [5, 5.41) is 15.5. The lowest BCUT2D eigenvalue weighted by Crippen LogP contribution is -2.48. The van der Waals surface area contributed by atoms with Crippen molar-refractivity contribution in [3.05, 3.63) is 77.5 Å². The molecule has 5 heterocycles. The number of furan rings is 2. The van der Waals surface area contributed by atoms with Gasteiger partial charge in [0.2, 0.25) is 16.7 Å². The maximum Gasteiger partial charge on any atom is 0.230 e. The average molecular weight is 466 g/mol. The predicted molar refractivity (Wildman–Crippen MR) is 121 cm³/mol. The van der Waals surface area contributed by atoms with Gasteiger partial charge in [0.05, 0.1) is 23.1 Å². The Bertz CT molecular complexity index is 1370. The first-order valence-electron chi connectivity index (χ1n) is 10.6. The van der Waals surface area contributed by atoms with E-state index in [1.54, 1.807) is 36.8 Å². The third kappa shape index (κ3) is 3.47. The first-order chi connectivity index (χ1) is 16.2. The minimum atomic E-state index is -0.302. The smallest absolute Gasteiger partial charge is 0.230 e. The number of anilines is 1. The van der Waals surface area contributed by atoms with E-state index in [4.69, 9.17) is 8.83 Å². The van der Waals surface area contributed by atoms with Gasteiger partial charge in [-0.15, -0.1) is 5.10 Å². The first-order valence-corrected chi connectivity index (χ1v) is 11.4. The standard InChI is InChI=1S/C23H20FN5O3S/c24-15-5-1-2-6-16(15)27-9-11-28(12-10-27)19(17-7-3-13-31-17)20-22(30)29-23(33-20)25-21(26-29)18-8-4-14-32-18/h1-8,13-14,19,30H,9-12H2/t19-/m0/s1. The lowest BCUT2D eigenvalue weighted by atomic mass is 10.1. The topological polar surface area (TPSA) is 83.2 Å². The Kier molecular flexibility index (Phi) is 4.88. The fraction of sp³-hybridized carbons (Fsp3) is 0.217. The van der Waals surface area contributed by atoms with Gasteiger partial charge < -0.3 is 18.8 Å². The van der Waals surface area contributed by atoms with E-state index in [9.17, 15) is 9.50 Å². The summed E-state index contributed by atoms with van der Waals surface area (Å²) in [6.45, 7) is 2.65. The van der Waals surface area contributed by atoms with E-state index >= 15 is 0 Å². The van der Waals surface area contributed by atoms with E-state index in [1.807, 2.05) is 23.1 Å². The quantitative estimate of drug-likeness (QED) is 0.412. The van der Waals surface area contributed by atoms with Crippen LogP contribution < -0.4 is 4.90 Å². The molecule has 4 aromatic heterocycles. The number of rotatable bonds is 5. The van der Waals surface area contributed by atoms with E-state index in [1.165, 1.54) is 21.9 Å². The number of thiazole rings is 1. The molecule has 10 heteroatoms. The number of benzene rings is 1. The summed E-state index contributed by atoms with van der Waals surface area (Å²) in [6, 6.07) is 13.8. The monoisotopic (exact) mass is 465 g/mol. The van der Waals surface area contributed by atoms with E-state index < -0.39 is 0 Å². The Morgan fingerprint density at radius 2 is 1.76 bits per heavy atom. The summed E-state index contributed by atoms with van der Waals surface area (Å²) in [5.74, 6) is 1.49. The number of nitrogens with zero attached hydrogens (tertiary/aromatic N) is 5. The molecule has 0 unspecified atom stereocenters. The summed E-state index contributed by atoms with van der Waals surface area (Å²) in [5.41, 5.74) is 0.610. The highest BCUT2D eigenvalue weighted by molar-refractivity contribution is 7.17. The molecule has 1 atom stereocenters. The minimum Gasteiger partial charge on any atom is -0.492 e. The fourth-order valence-corrected chi connectivity index (χ4v) is 5.39. The Labute approximate surface area is 192 Å². The van der Waals surface area contributed by atoms with Gasteiger partial charge in [-0.05, 0) is 36.4 Å². The highest BCUT2D eigenvalue weighted by atomic mass is 32.1. The zero-order valence-electron chi connectivity index (χ0n) is 17.5. The summed E-state index contributed by atoms with van der Waals surface area (Å²) < 4.78 is 26.8. The molecule has 1 fully saturated rings. The molecule has 1 N–H and O–H groups in total. The van der Waals surface area contributed by atoms with Gasteiger partial charge >= 0.3 is 0 Å². The van der Waals surface area contributed by atoms with Crippen molar-refractivity contribution in [1.82, 2.24) is 19.5 Å². The van der Waals surface area contributed by atoms with Gasteiger partial charge in [-0.3, -0.25) is 4.90 Å². The third-order valence-corrected chi connectivity index (χ3v) is 6.95. The Morgan fingerprint density at radius 3 is 2.45 bits per heavy atom. The molecule has 0 saturated carbocycles. The normalized spacial score (nSPS) is 16.0. The Balaban J connectivity index is 1.31. The molecule has 0 spiro atoms. The summed E-state index contributed by atoms with van der Waals surface area (Å²) in [7, 11) is 0. The number of aromatic hydroxyl groups is 1. The zero-order chi connectivity index (χ0) is 22.4. The summed E-state index contributed by atoms with van der Waals surface area (Å²) in [4.78, 5) is 10.1. The average Bonchev–Trinajstić information content (AvgIpc) is 3.63. The summed E-state index contributed by atoms with van der Waals surface area (Å²) >= 11 is 1.36. The van der Waals surface area contributed by atoms with Crippen LogP contribution in [0, 0.1) is 5.82 Å². The zero-order valence-corrected chi connectivity index (χ0v) is 18.3. The second kappa shape index (κ2) is 8.05. The second-order valence-corrected chi connectivity index (χ2v) is 8.80. The number of para-hydroxylation sites is 1. The van der Waals surface area contributed by atoms with Gasteiger partial charge in [-0.1, -0.05) is 23.5 Å². The van der Waals surface area contributed by atoms with Gasteiger partial charge in [0, 0.05) is 26.2 Å². The van der Waals surface area contributed by atoms with Crippen molar-refractivity contribution < 1.29 is 18.3 Å². The molecule has 1 aliphatic heterocycles. The number of aromatic nitrogens is 3. The molecule has 1 saturated heterocycles. The van der Waals surface area contributed by atoms with Crippen molar-refractivity contribution in [2.24, 2.45) is 0 Å². The Hall–Kier alpha value is -3.63. The van der Waals surface area contributed by atoms with E-state index in [0.717, 1.165) is 5.76 Å². The molecule has 0 amide bonds. The van der Waals surface area contributed by atoms with Crippen molar-refractivity contribution in [1.29, 1.82) is 0 Å². The van der Waals surface area contributed by atoms with Crippen LogP contribution in [-0.2, 0) is 0 Å². The van der Waals surface area contributed by atoms with Crippen LogP contribution >= 0.6 is 11.3 Å². The first kappa shape index (κ1) is 20.0. The number of hydrogen-bond acceptors (Lipinski definition) is 8. The fourth-order valence-electron chi connectivity index (χ4n) is 4.29. The van der Waals surface area contributed by atoms with Crippen LogP contribution in [0.5, 0.6) is 5.88 Å². The van der Waals surface area contributed by atoms with Gasteiger partial charge in [0.25, 0.3) is 0 Å². The van der Waals surface area contributed by atoms with Crippen LogP contribution in [0.3, 0.4) is 0 Å². The number of hydrogen-bond donors (Lipinski definition) is 1. The highest BCUT2D eigenvalue weighted by Gasteiger charge is 2.34. The Morgan fingerprint density at radius 1 is 0.970 bits per heavy atom. The molecule has 0 radical (unpaired) electrons. The van der Waals surface area contributed by atoms with E-state index in [-0.39, 0.29) is 17.7 Å². The highest BCUT2D eigenvalue weighted by Crippen LogP contribution is 2.41. The molecule has 168 valence electrons. The van der Waals surface area contributed by atoms with Crippen LogP contribution in [-0.4, -0.2) is 50.8 Å². The van der Waals surface area contributed by atoms with Gasteiger partial charge in [-0.2, -0.15) is 9.50 Å². The molecule has 8 nitrogen and oxygen atoms in total. The van der Waals surface area contributed by atoms with Crippen LogP contribution in [0.15, 0.2) is 69.9 Å². The molecule has 1 aromatic carbocycles. The molecule has 33 heavy (non-hydrogen) atoms. The SMILES string of the molecule is Oc1c([C@H](c2ccco2)N2CCN(c3ccccc3F)CC2)sc2nc(-c3ccco3)nn12. The van der Waals surface area contributed by atoms with Gasteiger partial charge in [-0.25, -0.2) is 4.39 Å². The molecule has 0 bridgehead atoms. The van der Waals surface area contributed by atoms with E-state index in [2.05, 4.69) is 15.0 Å². The minimum absolute atomic E-state index is 0.0261. The van der Waals surface area contributed by atoms with Crippen molar-refractivity contribution in [2.45, 2.75) is 6.04 Å². The lowest BCUT2D eigenvalue weighted by molar-refractivity contribution is 0.190. The molecular weight excluding hydrogens is 445 g/mol. The molecule has 5 aromatic rings. The maximum absolute atomic E-state index is 14.3. The maximum atomic E-state index is 14.3. The third-order valence-electron chi connectivity index (χ3n) is 5.87. The van der Waals surface area contributed by atoms with Crippen molar-refractivity contribution in [3.63, 3.8) is 0 Å². The largest absolute Gasteiger partial charge is 0.492 e. The van der Waals surface area contributed by atoms with Crippen LogP contribution in [0.25, 0.3) is 16.5 Å². The second-order valence-electron chi connectivity index (χ2n) is 7.79. The summed E-state index contributed by atoms with van der Waals surface area (Å²) in [6.07, 6.45) is 3.19. The number of fused-ring (bicyclic) bond motifs is 1. The number of piperazine rings is 1. The van der Waals surface area contributed by atoms with Gasteiger partial charge in [0.1, 0.15) is 17.6 Å². The van der Waals surface area contributed by atoms with Crippen LogP contribution in [0.1, 0.15) is 16.7 Å². The lowest BCUT2D eigenvalue weighted by Gasteiger charge is -2.39. The molecule has 6 rings (SSSR count). The molecular formula is C23H20FN5O3S. The molecule has 0 aliphatic carbocycles. The van der Waals surface area contributed by atoms with Crippen molar-refractivity contribution >= 4 is 22.0 Å². The van der Waals surface area contributed by atoms with Crippen LogP contribution in [0.4, 0.5) is 10.1 Å². The van der Waals surface area contributed by atoms with Crippen LogP contribution in [0.2, 0.25) is 0 Å².